The van der Waals surface area contributed by atoms with Gasteiger partial charge < -0.3 is 5.32 Å². The average Bonchev–Trinajstić information content (AvgIpc) is 3.08. The Kier molecular flexibility index (Phi) is 6.83. The van der Waals surface area contributed by atoms with E-state index in [2.05, 4.69) is 19.2 Å². The van der Waals surface area contributed by atoms with Crippen molar-refractivity contribution in [3.8, 4) is 0 Å². The highest BCUT2D eigenvalue weighted by atomic mass is 32.2. The van der Waals surface area contributed by atoms with E-state index in [1.54, 1.807) is 17.5 Å². The van der Waals surface area contributed by atoms with Crippen molar-refractivity contribution in [3.63, 3.8) is 0 Å². The molecule has 1 aromatic heterocycles. The minimum Gasteiger partial charge on any atom is -0.353 e. The third-order valence-corrected chi connectivity index (χ3v) is 7.75. The lowest BCUT2D eigenvalue weighted by molar-refractivity contribution is -0.126. The third kappa shape index (κ3) is 5.04. The Hall–Kier alpha value is -0.920. The first-order chi connectivity index (χ1) is 11.3. The summed E-state index contributed by atoms with van der Waals surface area (Å²) >= 11 is 1.24. The van der Waals surface area contributed by atoms with Crippen molar-refractivity contribution >= 4 is 27.3 Å². The normalized spacial score (nSPS) is 18.7. The van der Waals surface area contributed by atoms with Crippen LogP contribution in [-0.2, 0) is 14.8 Å². The number of nitrogens with zero attached hydrogens (tertiary/aromatic N) is 1. The monoisotopic (exact) mass is 372 g/mol. The molecule has 7 heteroatoms. The van der Waals surface area contributed by atoms with Crippen LogP contribution in [0.15, 0.2) is 21.7 Å². The Morgan fingerprint density at radius 1 is 1.29 bits per heavy atom. The maximum absolute atomic E-state index is 12.5. The highest BCUT2D eigenvalue weighted by Crippen LogP contribution is 2.26. The molecule has 136 valence electrons. The smallest absolute Gasteiger partial charge is 0.252 e. The molecule has 1 fully saturated rings. The van der Waals surface area contributed by atoms with E-state index < -0.39 is 10.0 Å². The quantitative estimate of drug-likeness (QED) is 0.800. The van der Waals surface area contributed by atoms with E-state index in [1.165, 1.54) is 15.6 Å². The summed E-state index contributed by atoms with van der Waals surface area (Å²) in [6.07, 6.45) is 3.26. The van der Waals surface area contributed by atoms with Crippen LogP contribution in [0.25, 0.3) is 0 Å². The number of hydrogen-bond acceptors (Lipinski definition) is 4. The predicted octanol–water partition coefficient (Wildman–Crippen LogP) is 3.09. The van der Waals surface area contributed by atoms with Crippen LogP contribution in [0, 0.1) is 11.8 Å². The van der Waals surface area contributed by atoms with Gasteiger partial charge in [0, 0.05) is 25.0 Å². The van der Waals surface area contributed by atoms with Crippen LogP contribution in [0.3, 0.4) is 0 Å². The molecular weight excluding hydrogens is 344 g/mol. The number of thiophene rings is 1. The van der Waals surface area contributed by atoms with Crippen molar-refractivity contribution in [2.75, 3.05) is 13.1 Å². The molecule has 1 N–H and O–H groups in total. The summed E-state index contributed by atoms with van der Waals surface area (Å²) in [6.45, 7) is 7.23. The maximum Gasteiger partial charge on any atom is 0.252 e. The van der Waals surface area contributed by atoms with Crippen molar-refractivity contribution in [1.29, 1.82) is 0 Å². The molecule has 1 aliphatic heterocycles. The standard InChI is InChI=1S/C17H28N2O3S2/c1-13(2)6-7-14(3)18-17(20)15-8-10-19(11-9-15)24(21,22)16-5-4-12-23-16/h4-5,12-15H,6-11H2,1-3H3,(H,18,20). The molecule has 5 nitrogen and oxygen atoms in total. The van der Waals surface area contributed by atoms with Crippen molar-refractivity contribution in [2.45, 2.75) is 56.7 Å². The van der Waals surface area contributed by atoms with E-state index in [9.17, 15) is 13.2 Å². The van der Waals surface area contributed by atoms with E-state index in [4.69, 9.17) is 0 Å². The Morgan fingerprint density at radius 3 is 2.50 bits per heavy atom. The predicted molar refractivity (Wildman–Crippen MR) is 97.5 cm³/mol. The molecule has 0 aliphatic carbocycles. The number of piperidine rings is 1. The highest BCUT2D eigenvalue weighted by molar-refractivity contribution is 7.91. The molecule has 1 unspecified atom stereocenters. The molecule has 0 saturated carbocycles. The molecule has 2 heterocycles. The Labute approximate surface area is 149 Å². The molecule has 0 aromatic carbocycles. The van der Waals surface area contributed by atoms with Gasteiger partial charge in [-0.05, 0) is 50.0 Å². The van der Waals surface area contributed by atoms with Crippen LogP contribution in [0.1, 0.15) is 46.5 Å². The molecule has 1 atom stereocenters. The van der Waals surface area contributed by atoms with Crippen LogP contribution in [-0.4, -0.2) is 37.8 Å². The first-order valence-electron chi connectivity index (χ1n) is 8.64. The molecular formula is C17H28N2O3S2. The van der Waals surface area contributed by atoms with Crippen molar-refractivity contribution in [1.82, 2.24) is 9.62 Å². The number of carbonyl (C=O) groups is 1. The lowest BCUT2D eigenvalue weighted by atomic mass is 9.96. The van der Waals surface area contributed by atoms with E-state index in [-0.39, 0.29) is 17.9 Å². The fraction of sp³-hybridized carbons (Fsp3) is 0.706. The van der Waals surface area contributed by atoms with Crippen LogP contribution in [0.4, 0.5) is 0 Å². The molecule has 1 amide bonds. The third-order valence-electron chi connectivity index (χ3n) is 4.48. The summed E-state index contributed by atoms with van der Waals surface area (Å²) in [4.78, 5) is 12.4. The van der Waals surface area contributed by atoms with Gasteiger partial charge in [-0.25, -0.2) is 8.42 Å². The molecule has 1 aromatic rings. The van der Waals surface area contributed by atoms with Crippen LogP contribution >= 0.6 is 11.3 Å². The first-order valence-corrected chi connectivity index (χ1v) is 11.0. The Balaban J connectivity index is 1.83. The molecule has 0 radical (unpaired) electrons. The second-order valence-electron chi connectivity index (χ2n) is 6.99. The van der Waals surface area contributed by atoms with Gasteiger partial charge in [-0.15, -0.1) is 11.3 Å². The van der Waals surface area contributed by atoms with Gasteiger partial charge in [0.15, 0.2) is 0 Å². The molecule has 1 aliphatic rings. The number of amides is 1. The summed E-state index contributed by atoms with van der Waals surface area (Å²) in [5.74, 6) is 0.621. The van der Waals surface area contributed by atoms with Crippen molar-refractivity contribution in [3.05, 3.63) is 17.5 Å². The van der Waals surface area contributed by atoms with E-state index >= 15 is 0 Å². The molecule has 24 heavy (non-hydrogen) atoms. The summed E-state index contributed by atoms with van der Waals surface area (Å²) in [7, 11) is -3.39. The zero-order valence-electron chi connectivity index (χ0n) is 14.7. The lowest BCUT2D eigenvalue weighted by Crippen LogP contribution is -2.44. The van der Waals surface area contributed by atoms with Gasteiger partial charge in [0.25, 0.3) is 10.0 Å². The summed E-state index contributed by atoms with van der Waals surface area (Å²) in [5, 5.41) is 4.85. The summed E-state index contributed by atoms with van der Waals surface area (Å²) in [5.41, 5.74) is 0. The number of rotatable bonds is 7. The molecule has 2 rings (SSSR count). The Morgan fingerprint density at radius 2 is 1.96 bits per heavy atom. The fourth-order valence-electron chi connectivity index (χ4n) is 2.91. The fourth-order valence-corrected chi connectivity index (χ4v) is 5.53. The van der Waals surface area contributed by atoms with Crippen LogP contribution in [0.2, 0.25) is 0 Å². The van der Waals surface area contributed by atoms with Gasteiger partial charge in [-0.3, -0.25) is 4.79 Å². The zero-order valence-corrected chi connectivity index (χ0v) is 16.3. The minimum atomic E-state index is -3.39. The van der Waals surface area contributed by atoms with Gasteiger partial charge in [0.2, 0.25) is 5.91 Å². The number of nitrogens with one attached hydrogen (secondary N) is 1. The summed E-state index contributed by atoms with van der Waals surface area (Å²) < 4.78 is 26.9. The number of carbonyl (C=O) groups excluding carboxylic acids is 1. The molecule has 0 bridgehead atoms. The highest BCUT2D eigenvalue weighted by Gasteiger charge is 2.32. The number of hydrogen-bond donors (Lipinski definition) is 1. The molecule has 0 spiro atoms. The Bertz CT molecular complexity index is 618. The van der Waals surface area contributed by atoms with Gasteiger partial charge in [0.1, 0.15) is 4.21 Å². The first kappa shape index (κ1) is 19.4. The van der Waals surface area contributed by atoms with Gasteiger partial charge in [-0.1, -0.05) is 19.9 Å². The SMILES string of the molecule is CC(C)CCC(C)NC(=O)C1CCN(S(=O)(=O)c2cccs2)CC1. The van der Waals surface area contributed by atoms with E-state index in [0.29, 0.717) is 36.1 Å². The zero-order chi connectivity index (χ0) is 17.7. The molecule has 1 saturated heterocycles. The summed E-state index contributed by atoms with van der Waals surface area (Å²) in [6, 6.07) is 3.55. The van der Waals surface area contributed by atoms with E-state index in [1.807, 2.05) is 6.92 Å². The van der Waals surface area contributed by atoms with Crippen LogP contribution < -0.4 is 5.32 Å². The topological polar surface area (TPSA) is 66.5 Å². The van der Waals surface area contributed by atoms with Crippen LogP contribution in [0.5, 0.6) is 0 Å². The second-order valence-corrected chi connectivity index (χ2v) is 10.1. The van der Waals surface area contributed by atoms with Crippen molar-refractivity contribution in [2.24, 2.45) is 11.8 Å². The van der Waals surface area contributed by atoms with Gasteiger partial charge in [-0.2, -0.15) is 4.31 Å². The second kappa shape index (κ2) is 8.45. The minimum absolute atomic E-state index is 0.0689. The largest absolute Gasteiger partial charge is 0.353 e. The number of sulfonamides is 1. The average molecular weight is 373 g/mol. The van der Waals surface area contributed by atoms with E-state index in [0.717, 1.165) is 12.8 Å². The van der Waals surface area contributed by atoms with Gasteiger partial charge >= 0.3 is 0 Å². The maximum atomic E-state index is 12.5. The lowest BCUT2D eigenvalue weighted by Gasteiger charge is -2.30. The van der Waals surface area contributed by atoms with Gasteiger partial charge in [0.05, 0.1) is 0 Å². The van der Waals surface area contributed by atoms with Crippen molar-refractivity contribution < 1.29 is 13.2 Å².